The zero-order chi connectivity index (χ0) is 22.3. The number of nitrogens with zero attached hydrogens (tertiary/aromatic N) is 3. The summed E-state index contributed by atoms with van der Waals surface area (Å²) < 4.78 is 19.1. The Labute approximate surface area is 185 Å². The second-order valence-electron chi connectivity index (χ2n) is 9.62. The zero-order valence-corrected chi connectivity index (χ0v) is 17.8. The van der Waals surface area contributed by atoms with Crippen LogP contribution in [0.5, 0.6) is 5.75 Å². The van der Waals surface area contributed by atoms with Crippen molar-refractivity contribution in [1.29, 1.82) is 0 Å². The van der Waals surface area contributed by atoms with Crippen molar-refractivity contribution in [3.63, 3.8) is 0 Å². The van der Waals surface area contributed by atoms with Crippen molar-refractivity contribution in [1.82, 2.24) is 9.88 Å². The van der Waals surface area contributed by atoms with E-state index < -0.39 is 10.7 Å². The highest BCUT2D eigenvalue weighted by atomic mass is 19.1. The Bertz CT molecular complexity index is 991. The Morgan fingerprint density at radius 3 is 2.34 bits per heavy atom. The van der Waals surface area contributed by atoms with E-state index in [2.05, 4.69) is 4.98 Å². The molecule has 0 saturated heterocycles. The lowest BCUT2D eigenvalue weighted by Crippen LogP contribution is -2.61. The van der Waals surface area contributed by atoms with E-state index in [4.69, 9.17) is 4.74 Å². The molecular weight excluding hydrogens is 413 g/mol. The smallest absolute Gasteiger partial charge is 0.406 e. The maximum atomic E-state index is 13.5. The van der Waals surface area contributed by atoms with E-state index in [9.17, 15) is 19.3 Å². The fourth-order valence-electron chi connectivity index (χ4n) is 6.54. The quantitative estimate of drug-likeness (QED) is 0.468. The number of ether oxygens (including phenoxy) is 1. The number of carbonyl (C=O) groups excluding carboxylic acids is 1. The van der Waals surface area contributed by atoms with E-state index in [1.165, 1.54) is 43.7 Å². The van der Waals surface area contributed by atoms with E-state index in [1.54, 1.807) is 18.2 Å². The Morgan fingerprint density at radius 2 is 1.75 bits per heavy atom. The molecule has 0 unspecified atom stereocenters. The van der Waals surface area contributed by atoms with Crippen LogP contribution in [-0.2, 0) is 11.3 Å². The SMILES string of the molecule is O=C(COc1cccnc1[N+](=O)[O-])N(Cc1ccc(F)cc1)C12CC3CC(CC(C3)C1)C2. The number of carbonyl (C=O) groups is 1. The largest absolute Gasteiger partial charge is 0.476 e. The highest BCUT2D eigenvalue weighted by molar-refractivity contribution is 5.79. The molecule has 4 aliphatic rings. The van der Waals surface area contributed by atoms with Gasteiger partial charge < -0.3 is 19.8 Å². The van der Waals surface area contributed by atoms with Crippen molar-refractivity contribution in [2.24, 2.45) is 17.8 Å². The summed E-state index contributed by atoms with van der Waals surface area (Å²) in [5.74, 6) is 1.00. The van der Waals surface area contributed by atoms with Crippen LogP contribution in [0.4, 0.5) is 10.2 Å². The molecule has 32 heavy (non-hydrogen) atoms. The van der Waals surface area contributed by atoms with Crippen LogP contribution in [0.1, 0.15) is 44.1 Å². The lowest BCUT2D eigenvalue weighted by Gasteiger charge is -2.60. The zero-order valence-electron chi connectivity index (χ0n) is 17.8. The first-order valence-electron chi connectivity index (χ1n) is 11.2. The van der Waals surface area contributed by atoms with Crippen LogP contribution in [0.3, 0.4) is 0 Å². The molecule has 2 aromatic rings. The number of nitro groups is 1. The fourth-order valence-corrected chi connectivity index (χ4v) is 6.54. The van der Waals surface area contributed by atoms with Gasteiger partial charge in [-0.15, -0.1) is 0 Å². The summed E-state index contributed by atoms with van der Waals surface area (Å²) in [5, 5.41) is 11.2. The van der Waals surface area contributed by atoms with Gasteiger partial charge in [-0.3, -0.25) is 4.79 Å². The van der Waals surface area contributed by atoms with Gasteiger partial charge in [0.1, 0.15) is 12.0 Å². The third-order valence-corrected chi connectivity index (χ3v) is 7.41. The molecule has 7 nitrogen and oxygen atoms in total. The topological polar surface area (TPSA) is 85.6 Å². The Balaban J connectivity index is 1.40. The number of amides is 1. The lowest BCUT2D eigenvalue weighted by molar-refractivity contribution is -0.390. The van der Waals surface area contributed by atoms with Gasteiger partial charge >= 0.3 is 5.82 Å². The monoisotopic (exact) mass is 439 g/mol. The number of aromatic nitrogens is 1. The summed E-state index contributed by atoms with van der Waals surface area (Å²) in [7, 11) is 0. The van der Waals surface area contributed by atoms with Gasteiger partial charge in [0.15, 0.2) is 6.61 Å². The average Bonchev–Trinajstić information content (AvgIpc) is 2.76. The molecule has 0 atom stereocenters. The molecule has 4 saturated carbocycles. The highest BCUT2D eigenvalue weighted by Gasteiger charge is 2.54. The molecule has 0 radical (unpaired) electrons. The standard InChI is InChI=1S/C24H26FN3O4/c25-20-5-3-16(4-6-20)14-27(24-11-17-8-18(12-24)10-19(9-17)13-24)22(29)15-32-21-2-1-7-26-23(21)28(30)31/h1-7,17-19H,8-15H2. The number of rotatable bonds is 7. The van der Waals surface area contributed by atoms with Crippen LogP contribution in [0.25, 0.3) is 0 Å². The number of hydrogen-bond acceptors (Lipinski definition) is 5. The van der Waals surface area contributed by atoms with Crippen molar-refractivity contribution in [2.45, 2.75) is 50.6 Å². The van der Waals surface area contributed by atoms with Gasteiger partial charge in [-0.05, 0) is 96.0 Å². The van der Waals surface area contributed by atoms with Crippen molar-refractivity contribution in [3.8, 4) is 5.75 Å². The third kappa shape index (κ3) is 3.94. The summed E-state index contributed by atoms with van der Waals surface area (Å²) in [5.41, 5.74) is 0.646. The normalized spacial score (nSPS) is 27.8. The van der Waals surface area contributed by atoms with Gasteiger partial charge in [0.25, 0.3) is 5.91 Å². The molecule has 8 heteroatoms. The third-order valence-electron chi connectivity index (χ3n) is 7.41. The number of pyridine rings is 1. The second-order valence-corrected chi connectivity index (χ2v) is 9.62. The van der Waals surface area contributed by atoms with Crippen LogP contribution in [0.15, 0.2) is 42.6 Å². The first-order valence-corrected chi connectivity index (χ1v) is 11.2. The van der Waals surface area contributed by atoms with Crippen LogP contribution in [0, 0.1) is 33.7 Å². The summed E-state index contributed by atoms with van der Waals surface area (Å²) in [6.45, 7) is 0.0826. The molecule has 0 N–H and O–H groups in total. The molecule has 1 aromatic heterocycles. The fraction of sp³-hybridized carbons (Fsp3) is 0.500. The number of benzene rings is 1. The minimum absolute atomic E-state index is 0.0157. The molecule has 1 amide bonds. The molecule has 4 bridgehead atoms. The molecule has 0 aliphatic heterocycles. The predicted molar refractivity (Wildman–Crippen MR) is 114 cm³/mol. The van der Waals surface area contributed by atoms with E-state index in [1.807, 2.05) is 4.90 Å². The van der Waals surface area contributed by atoms with Gasteiger partial charge in [0, 0.05) is 12.1 Å². The molecule has 168 valence electrons. The van der Waals surface area contributed by atoms with Crippen LogP contribution in [0.2, 0.25) is 0 Å². The lowest BCUT2D eigenvalue weighted by atomic mass is 9.52. The first kappa shape index (κ1) is 20.8. The summed E-state index contributed by atoms with van der Waals surface area (Å²) in [6.07, 6.45) is 8.02. The van der Waals surface area contributed by atoms with Gasteiger partial charge in [-0.1, -0.05) is 12.1 Å². The second kappa shape index (κ2) is 8.15. The van der Waals surface area contributed by atoms with E-state index in [0.29, 0.717) is 24.3 Å². The molecule has 4 aliphatic carbocycles. The maximum absolute atomic E-state index is 13.5. The van der Waals surface area contributed by atoms with E-state index in [-0.39, 0.29) is 29.6 Å². The Morgan fingerprint density at radius 1 is 1.12 bits per heavy atom. The molecule has 0 spiro atoms. The van der Waals surface area contributed by atoms with Crippen molar-refractivity contribution < 1.29 is 18.8 Å². The van der Waals surface area contributed by atoms with Gasteiger partial charge in [0.2, 0.25) is 5.75 Å². The van der Waals surface area contributed by atoms with Crippen molar-refractivity contribution in [3.05, 3.63) is 64.1 Å². The minimum Gasteiger partial charge on any atom is -0.476 e. The van der Waals surface area contributed by atoms with Crippen LogP contribution >= 0.6 is 0 Å². The number of halogens is 1. The summed E-state index contributed by atoms with van der Waals surface area (Å²) >= 11 is 0. The van der Waals surface area contributed by atoms with Crippen molar-refractivity contribution >= 4 is 11.7 Å². The van der Waals surface area contributed by atoms with Gasteiger partial charge in [-0.2, -0.15) is 0 Å². The highest BCUT2D eigenvalue weighted by Crippen LogP contribution is 2.58. The van der Waals surface area contributed by atoms with Crippen LogP contribution in [-0.4, -0.2) is 32.9 Å². The molecule has 4 fully saturated rings. The Hall–Kier alpha value is -3.03. The molecule has 1 aromatic carbocycles. The number of hydrogen-bond donors (Lipinski definition) is 0. The maximum Gasteiger partial charge on any atom is 0.406 e. The van der Waals surface area contributed by atoms with E-state index >= 15 is 0 Å². The molecule has 6 rings (SSSR count). The summed E-state index contributed by atoms with van der Waals surface area (Å²) in [4.78, 5) is 29.8. The van der Waals surface area contributed by atoms with Gasteiger partial charge in [-0.25, -0.2) is 4.39 Å². The minimum atomic E-state index is -0.616. The first-order chi connectivity index (χ1) is 15.4. The van der Waals surface area contributed by atoms with Crippen molar-refractivity contribution in [2.75, 3.05) is 6.61 Å². The van der Waals surface area contributed by atoms with E-state index in [0.717, 1.165) is 24.8 Å². The average molecular weight is 439 g/mol. The van der Waals surface area contributed by atoms with Gasteiger partial charge in [0.05, 0.1) is 0 Å². The Kier molecular flexibility index (Phi) is 5.31. The van der Waals surface area contributed by atoms with Crippen LogP contribution < -0.4 is 4.74 Å². The molecule has 1 heterocycles. The summed E-state index contributed by atoms with van der Waals surface area (Å²) in [6, 6.07) is 9.24. The predicted octanol–water partition coefficient (Wildman–Crippen LogP) is 4.51. The molecular formula is C24H26FN3O4.